The monoisotopic (exact) mass is 418 g/mol. The number of guanidine groups is 2. The van der Waals surface area contributed by atoms with Crippen LogP contribution in [0.4, 0.5) is 5.69 Å². The minimum atomic E-state index is -0.561. The second kappa shape index (κ2) is 7.26. The van der Waals surface area contributed by atoms with E-state index in [4.69, 9.17) is 21.2 Å². The molecule has 2 heterocycles. The number of aromatic nitrogens is 3. The maximum atomic E-state index is 6.45. The highest BCUT2D eigenvalue weighted by Crippen LogP contribution is 2.44. The summed E-state index contributed by atoms with van der Waals surface area (Å²) in [7, 11) is 1.64. The van der Waals surface area contributed by atoms with Crippen molar-refractivity contribution in [3.8, 4) is 11.4 Å². The molecule has 2 aliphatic rings. The zero-order valence-corrected chi connectivity index (χ0v) is 17.7. The summed E-state index contributed by atoms with van der Waals surface area (Å²) in [5, 5.41) is 9.30. The van der Waals surface area contributed by atoms with Crippen molar-refractivity contribution in [2.45, 2.75) is 44.7 Å². The van der Waals surface area contributed by atoms with Crippen molar-refractivity contribution in [1.82, 2.24) is 15.0 Å². The zero-order chi connectivity index (χ0) is 21.6. The number of aryl methyl sites for hydroxylation is 1. The molecule has 1 fully saturated rings. The van der Waals surface area contributed by atoms with E-state index in [0.717, 1.165) is 53.7 Å². The van der Waals surface area contributed by atoms with Gasteiger partial charge >= 0.3 is 0 Å². The summed E-state index contributed by atoms with van der Waals surface area (Å²) in [5.41, 5.74) is 16.1. The molecule has 9 heteroatoms. The lowest BCUT2D eigenvalue weighted by Crippen LogP contribution is -2.58. The largest absolute Gasteiger partial charge is 0.492 e. The van der Waals surface area contributed by atoms with Crippen LogP contribution in [0.2, 0.25) is 0 Å². The Labute approximate surface area is 180 Å². The number of nitrogens with two attached hydrogens (primary N) is 2. The van der Waals surface area contributed by atoms with E-state index in [0.29, 0.717) is 11.7 Å². The van der Waals surface area contributed by atoms with Crippen LogP contribution in [-0.4, -0.2) is 39.7 Å². The Bertz CT molecular complexity index is 1170. The maximum absolute atomic E-state index is 6.45. The topological polar surface area (TPSA) is 120 Å². The number of nitrogens with zero attached hydrogens (tertiary/aromatic N) is 6. The fourth-order valence-corrected chi connectivity index (χ4v) is 4.70. The predicted molar refractivity (Wildman–Crippen MR) is 122 cm³/mol. The van der Waals surface area contributed by atoms with Crippen molar-refractivity contribution >= 4 is 28.6 Å². The number of aliphatic imine (C=N–C) groups is 2. The highest BCUT2D eigenvalue weighted by atomic mass is 16.5. The number of fused-ring (bicyclic) bond motifs is 1. The van der Waals surface area contributed by atoms with Gasteiger partial charge in [-0.25, -0.2) is 4.99 Å². The fraction of sp³-hybridized carbons (Fsp3) is 0.364. The highest BCUT2D eigenvalue weighted by Gasteiger charge is 2.44. The minimum Gasteiger partial charge on any atom is -0.492 e. The molecule has 0 atom stereocenters. The Morgan fingerprint density at radius 2 is 1.61 bits per heavy atom. The van der Waals surface area contributed by atoms with E-state index >= 15 is 0 Å². The van der Waals surface area contributed by atoms with E-state index in [-0.39, 0.29) is 5.96 Å². The molecule has 2 aromatic carbocycles. The van der Waals surface area contributed by atoms with Crippen molar-refractivity contribution in [3.63, 3.8) is 0 Å². The summed E-state index contributed by atoms with van der Waals surface area (Å²) in [6, 6.07) is 11.8. The lowest BCUT2D eigenvalue weighted by Gasteiger charge is -2.46. The van der Waals surface area contributed by atoms with Crippen LogP contribution in [0.5, 0.6) is 5.75 Å². The molecule has 0 amide bonds. The van der Waals surface area contributed by atoms with Gasteiger partial charge < -0.3 is 16.2 Å². The summed E-state index contributed by atoms with van der Waals surface area (Å²) < 4.78 is 5.91. The summed E-state index contributed by atoms with van der Waals surface area (Å²) >= 11 is 0. The first-order valence-corrected chi connectivity index (χ1v) is 10.5. The third kappa shape index (κ3) is 3.17. The molecule has 0 unspecified atom stereocenters. The molecular weight excluding hydrogens is 392 g/mol. The summed E-state index contributed by atoms with van der Waals surface area (Å²) in [5.74, 6) is 1.16. The Morgan fingerprint density at radius 3 is 2.26 bits per heavy atom. The number of benzene rings is 2. The summed E-state index contributed by atoms with van der Waals surface area (Å²) in [6.07, 6.45) is 4.96. The Hall–Kier alpha value is -3.62. The molecule has 0 bridgehead atoms. The van der Waals surface area contributed by atoms with Gasteiger partial charge in [0.1, 0.15) is 22.4 Å². The van der Waals surface area contributed by atoms with Crippen molar-refractivity contribution in [3.05, 3.63) is 42.0 Å². The van der Waals surface area contributed by atoms with Gasteiger partial charge in [-0.15, -0.1) is 15.0 Å². The lowest BCUT2D eigenvalue weighted by molar-refractivity contribution is 0.303. The van der Waals surface area contributed by atoms with Crippen LogP contribution in [-0.2, 0) is 0 Å². The third-order valence-electron chi connectivity index (χ3n) is 5.99. The van der Waals surface area contributed by atoms with E-state index in [9.17, 15) is 0 Å². The fourth-order valence-electron chi connectivity index (χ4n) is 4.70. The third-order valence-corrected chi connectivity index (χ3v) is 5.99. The van der Waals surface area contributed by atoms with Gasteiger partial charge in [0.25, 0.3) is 0 Å². The first kappa shape index (κ1) is 19.3. The highest BCUT2D eigenvalue weighted by molar-refractivity contribution is 6.06. The van der Waals surface area contributed by atoms with Gasteiger partial charge in [0.15, 0.2) is 5.75 Å². The molecule has 9 nitrogen and oxygen atoms in total. The van der Waals surface area contributed by atoms with E-state index in [2.05, 4.69) is 15.2 Å². The maximum Gasteiger partial charge on any atom is 0.220 e. The molecule has 0 radical (unpaired) electrons. The average Bonchev–Trinajstić information content (AvgIpc) is 3.17. The second-order valence-corrected chi connectivity index (χ2v) is 8.13. The molecule has 5 rings (SSSR count). The van der Waals surface area contributed by atoms with Gasteiger partial charge in [-0.3, -0.25) is 4.90 Å². The van der Waals surface area contributed by atoms with Gasteiger partial charge in [0.05, 0.1) is 12.8 Å². The van der Waals surface area contributed by atoms with Crippen molar-refractivity contribution in [2.75, 3.05) is 12.0 Å². The second-order valence-electron chi connectivity index (χ2n) is 8.13. The molecule has 31 heavy (non-hydrogen) atoms. The standard InChI is InChI=1S/C22H26N8O/c1-14-12-17(29-21(24)25-20(23)26-22(29)10-6-3-7-11-22)19(31-2)18(13-14)30-27-15-8-4-5-9-16(15)28-30/h4-5,8-9,12-13H,3,6-7,10-11H2,1-2H3,(H4,23,24,25,26). The number of hydrogen-bond donors (Lipinski definition) is 2. The number of rotatable bonds is 3. The number of hydrogen-bond acceptors (Lipinski definition) is 8. The smallest absolute Gasteiger partial charge is 0.220 e. The molecule has 1 aliphatic heterocycles. The van der Waals surface area contributed by atoms with Crippen molar-refractivity contribution in [1.29, 1.82) is 0 Å². The number of methoxy groups -OCH3 is 1. The predicted octanol–water partition coefficient (Wildman–Crippen LogP) is 2.85. The first-order valence-electron chi connectivity index (χ1n) is 10.5. The van der Waals surface area contributed by atoms with Crippen LogP contribution in [0.15, 0.2) is 46.4 Å². The van der Waals surface area contributed by atoms with Crippen molar-refractivity contribution < 1.29 is 4.74 Å². The molecule has 1 aliphatic carbocycles. The van der Waals surface area contributed by atoms with E-state index in [1.54, 1.807) is 11.9 Å². The molecule has 0 saturated heterocycles. The lowest BCUT2D eigenvalue weighted by atomic mass is 9.87. The van der Waals surface area contributed by atoms with Crippen LogP contribution in [0, 0.1) is 6.92 Å². The minimum absolute atomic E-state index is 0.225. The van der Waals surface area contributed by atoms with E-state index in [1.807, 2.05) is 48.2 Å². The SMILES string of the molecule is COc1c(N2C(N)=NC(N)=NC23CCCCC3)cc(C)cc1-n1nc2ccccc2n1. The van der Waals surface area contributed by atoms with Gasteiger partial charge in [-0.1, -0.05) is 18.6 Å². The van der Waals surface area contributed by atoms with E-state index in [1.165, 1.54) is 6.42 Å². The number of ether oxygens (including phenoxy) is 1. The van der Waals surface area contributed by atoms with Crippen LogP contribution < -0.4 is 21.1 Å². The molecule has 3 aromatic rings. The summed E-state index contributed by atoms with van der Waals surface area (Å²) in [4.78, 5) is 12.7. The molecule has 160 valence electrons. The molecule has 1 saturated carbocycles. The van der Waals surface area contributed by atoms with Crippen LogP contribution >= 0.6 is 0 Å². The number of anilines is 1. The van der Waals surface area contributed by atoms with E-state index < -0.39 is 5.66 Å². The first-order chi connectivity index (χ1) is 15.0. The Balaban J connectivity index is 1.71. The van der Waals surface area contributed by atoms with Crippen LogP contribution in [0.3, 0.4) is 0 Å². The van der Waals surface area contributed by atoms with Crippen LogP contribution in [0.1, 0.15) is 37.7 Å². The Kier molecular flexibility index (Phi) is 4.53. The summed E-state index contributed by atoms with van der Waals surface area (Å²) in [6.45, 7) is 2.03. The zero-order valence-electron chi connectivity index (χ0n) is 17.7. The van der Waals surface area contributed by atoms with Gasteiger partial charge in [-0.05, 0) is 62.4 Å². The van der Waals surface area contributed by atoms with Crippen LogP contribution in [0.25, 0.3) is 16.7 Å². The van der Waals surface area contributed by atoms with Gasteiger partial charge in [0, 0.05) is 0 Å². The average molecular weight is 419 g/mol. The Morgan fingerprint density at radius 1 is 0.968 bits per heavy atom. The van der Waals surface area contributed by atoms with Gasteiger partial charge in [0.2, 0.25) is 11.9 Å². The van der Waals surface area contributed by atoms with Crippen molar-refractivity contribution in [2.24, 2.45) is 21.5 Å². The van der Waals surface area contributed by atoms with Gasteiger partial charge in [-0.2, -0.15) is 4.99 Å². The molecule has 1 spiro atoms. The molecule has 1 aromatic heterocycles. The molecular formula is C22H26N8O. The molecule has 4 N–H and O–H groups in total. The quantitative estimate of drug-likeness (QED) is 0.675. The normalized spacial score (nSPS) is 18.2.